The summed E-state index contributed by atoms with van der Waals surface area (Å²) >= 11 is 0. The van der Waals surface area contributed by atoms with Gasteiger partial charge in [-0.3, -0.25) is 68.2 Å². The first-order valence-electron chi connectivity index (χ1n) is 27.1. The van der Waals surface area contributed by atoms with E-state index in [1.807, 2.05) is 6.92 Å². The summed E-state index contributed by atoms with van der Waals surface area (Å²) in [7, 11) is -4.49. The van der Waals surface area contributed by atoms with Crippen LogP contribution in [0, 0.1) is 5.92 Å². The fourth-order valence-electron chi connectivity index (χ4n) is 7.97. The summed E-state index contributed by atoms with van der Waals surface area (Å²) in [5.41, 5.74) is 9.26. The maximum absolute atomic E-state index is 14.0. The van der Waals surface area contributed by atoms with E-state index < -0.39 is 130 Å². The zero-order valence-corrected chi connectivity index (χ0v) is 47.9. The molecule has 3 aromatic rings. The molecule has 0 unspecified atom stereocenters. The van der Waals surface area contributed by atoms with Crippen molar-refractivity contribution in [2.75, 3.05) is 38.2 Å². The number of hydrogen-bond donors (Lipinski definition) is 13. The monoisotopic (exact) mass is 1230 g/mol. The van der Waals surface area contributed by atoms with Crippen molar-refractivity contribution in [2.45, 2.75) is 120 Å². The van der Waals surface area contributed by atoms with Gasteiger partial charge in [-0.15, -0.1) is 0 Å². The second-order valence-electron chi connectivity index (χ2n) is 19.7. The molecule has 0 saturated carbocycles. The van der Waals surface area contributed by atoms with Crippen molar-refractivity contribution in [1.82, 2.24) is 47.9 Å². The molecule has 4 rings (SSSR count). The summed E-state index contributed by atoms with van der Waals surface area (Å²) in [4.78, 5) is 133. The number of nitrogens with two attached hydrogens (primary N) is 1. The smallest absolute Gasteiger partial charge is 0.471 e. The molecular weight excluding hydrogens is 1160 g/mol. The number of benzene rings is 3. The van der Waals surface area contributed by atoms with Crippen LogP contribution in [0.5, 0.6) is 5.75 Å². The largest absolute Gasteiger partial charge is 0.494 e. The molecule has 1 aliphatic rings. The van der Waals surface area contributed by atoms with Crippen LogP contribution in [0.25, 0.3) is 0 Å². The number of aliphatic carboxylic acids is 1. The van der Waals surface area contributed by atoms with Crippen LogP contribution in [0.15, 0.2) is 87.8 Å². The zero-order chi connectivity index (χ0) is 63.6. The summed E-state index contributed by atoms with van der Waals surface area (Å²) in [5, 5.41) is 35.2. The number of carbonyl (C=O) groups is 10. The molecule has 1 aliphatic heterocycles. The standard InChI is InChI=1S/C54H70F3N13O15S/c1-4-5-23-60-47(76)38(65-46(75)33-15-17-35(18-16-33)70-63-29-34-10-6-7-12-41(34)86(82,83)84)21-22-42(71)59-25-9-26-85-36-19-13-32(14-20-36)27-39-50(79)68-45(31(2)3)51(80)66-37(11-8-24-61-53(58)69-52(81)54(55,56)57)48(77)62-30-43(72)64-40(28-44(73)74)49(78)67-39/h6-7,10,12-20,29,31,37-40,45,70H,4-5,8-9,11,21-28,30H2,1-3H3,(H,59,71)(H,60,76)(H,62,77)(H,64,72)(H,65,75)(H,66,80)(H,67,78)(H,68,79)(H,73,74)(H,82,83,84)(H3,58,61,69,81)/b63-29+/t37-,38-,39+,40-,45-/m0/s1. The number of hydrazone groups is 1. The Balaban J connectivity index is 1.34. The zero-order valence-electron chi connectivity index (χ0n) is 47.1. The third-order valence-electron chi connectivity index (χ3n) is 12.5. The molecule has 0 spiro atoms. The van der Waals surface area contributed by atoms with Crippen LogP contribution in [0.4, 0.5) is 18.9 Å². The number of rotatable bonds is 27. The molecule has 0 bridgehead atoms. The fourth-order valence-corrected chi connectivity index (χ4v) is 8.64. The molecule has 0 aliphatic carbocycles. The number of anilines is 1. The minimum Gasteiger partial charge on any atom is -0.494 e. The molecular formula is C54H70F3N13O15S. The van der Waals surface area contributed by atoms with Gasteiger partial charge in [-0.05, 0) is 86.1 Å². The fraction of sp³-hybridized carbons (Fsp3) is 0.444. The van der Waals surface area contributed by atoms with Crippen LogP contribution in [0.3, 0.4) is 0 Å². The number of guanidine groups is 1. The number of aliphatic imine (C=N–C) groups is 1. The van der Waals surface area contributed by atoms with Crippen LogP contribution in [0.2, 0.25) is 0 Å². The Morgan fingerprint density at radius 3 is 2.14 bits per heavy atom. The lowest BCUT2D eigenvalue weighted by Crippen LogP contribution is -2.59. The second-order valence-corrected chi connectivity index (χ2v) is 21.1. The third-order valence-corrected chi connectivity index (χ3v) is 13.5. The van der Waals surface area contributed by atoms with E-state index in [0.717, 1.165) is 6.42 Å². The lowest BCUT2D eigenvalue weighted by atomic mass is 9.99. The number of alkyl halides is 3. The number of carboxylic acid groups (broad SMARTS) is 1. The normalized spacial score (nSPS) is 17.7. The number of carbonyl (C=O) groups excluding carboxylic acids is 9. The predicted octanol–water partition coefficient (Wildman–Crippen LogP) is 0.275. The number of carboxylic acids is 1. The van der Waals surface area contributed by atoms with Gasteiger partial charge in [-0.2, -0.15) is 26.7 Å². The summed E-state index contributed by atoms with van der Waals surface area (Å²) in [5.74, 6) is -11.4. The lowest BCUT2D eigenvalue weighted by Gasteiger charge is -2.27. The van der Waals surface area contributed by atoms with Gasteiger partial charge in [0.1, 0.15) is 40.9 Å². The van der Waals surface area contributed by atoms with Crippen LogP contribution in [-0.2, 0) is 59.7 Å². The van der Waals surface area contributed by atoms with Crippen LogP contribution in [0.1, 0.15) is 93.6 Å². The van der Waals surface area contributed by atoms with Crippen LogP contribution < -0.4 is 63.7 Å². The van der Waals surface area contributed by atoms with Crippen molar-refractivity contribution in [1.29, 1.82) is 0 Å². The highest BCUT2D eigenvalue weighted by atomic mass is 32.2. The number of nitrogens with zero attached hydrogens (tertiary/aromatic N) is 2. The van der Waals surface area contributed by atoms with Gasteiger partial charge in [0.05, 0.1) is 31.5 Å². The summed E-state index contributed by atoms with van der Waals surface area (Å²) in [6, 6.07) is 10.8. The maximum atomic E-state index is 14.0. The van der Waals surface area contributed by atoms with Crippen molar-refractivity contribution in [3.05, 3.63) is 89.5 Å². The van der Waals surface area contributed by atoms with Crippen molar-refractivity contribution in [3.63, 3.8) is 0 Å². The quantitative estimate of drug-likeness (QED) is 0.0160. The molecule has 9 amide bonds. The number of nitrogens with one attached hydrogen (secondary N) is 10. The summed E-state index contributed by atoms with van der Waals surface area (Å²) < 4.78 is 76.6. The number of unbranched alkanes of at least 4 members (excludes halogenated alkanes) is 1. The van der Waals surface area contributed by atoms with Gasteiger partial charge in [0.15, 0.2) is 5.96 Å². The Morgan fingerprint density at radius 1 is 0.826 bits per heavy atom. The average Bonchev–Trinajstić information content (AvgIpc) is 2.66. The Labute approximate surface area is 492 Å². The number of halogens is 3. The molecule has 0 aromatic heterocycles. The van der Waals surface area contributed by atoms with Gasteiger partial charge in [-0.25, -0.2) is 0 Å². The molecule has 28 nitrogen and oxygen atoms in total. The van der Waals surface area contributed by atoms with Gasteiger partial charge >= 0.3 is 18.1 Å². The SMILES string of the molecule is CCCCNC(=O)[C@H](CCC(=O)NCCCOc1ccc(C[C@H]2NC(=O)[C@H](CC(=O)O)NC(=O)CNC(=O)[C@H](CCCN=C(N)NC(=O)C(F)(F)F)NC(=O)[C@H](C(C)C)NC2=O)cc1)NC(=O)c1ccc(N/N=C/c2ccccc2S(=O)(=O)O)cc1. The third kappa shape index (κ3) is 24.2. The minimum atomic E-state index is -5.25. The molecule has 3 aromatic carbocycles. The van der Waals surface area contributed by atoms with E-state index >= 15 is 0 Å². The van der Waals surface area contributed by atoms with Gasteiger partial charge in [0, 0.05) is 43.6 Å². The molecule has 468 valence electrons. The highest BCUT2D eigenvalue weighted by Crippen LogP contribution is 2.18. The highest BCUT2D eigenvalue weighted by Gasteiger charge is 2.39. The van der Waals surface area contributed by atoms with E-state index in [9.17, 15) is 79.2 Å². The first kappa shape index (κ1) is 69.3. The highest BCUT2D eigenvalue weighted by molar-refractivity contribution is 7.86. The van der Waals surface area contributed by atoms with Crippen molar-refractivity contribution < 1.29 is 83.9 Å². The van der Waals surface area contributed by atoms with Crippen LogP contribution in [-0.4, -0.2) is 159 Å². The topological polar surface area (TPSA) is 426 Å². The molecule has 1 fully saturated rings. The van der Waals surface area contributed by atoms with Crippen molar-refractivity contribution >= 4 is 87.1 Å². The van der Waals surface area contributed by atoms with Crippen molar-refractivity contribution in [2.24, 2.45) is 21.7 Å². The van der Waals surface area contributed by atoms with E-state index in [1.54, 1.807) is 44.2 Å². The van der Waals surface area contributed by atoms with Gasteiger partial charge < -0.3 is 58.1 Å². The Hall–Kier alpha value is -9.20. The van der Waals surface area contributed by atoms with Gasteiger partial charge in [-0.1, -0.05) is 57.5 Å². The average molecular weight is 1230 g/mol. The molecule has 1 saturated heterocycles. The maximum Gasteiger partial charge on any atom is 0.471 e. The molecule has 0 radical (unpaired) electrons. The first-order chi connectivity index (χ1) is 40.6. The van der Waals surface area contributed by atoms with E-state index in [2.05, 4.69) is 58.1 Å². The molecule has 14 N–H and O–H groups in total. The summed E-state index contributed by atoms with van der Waals surface area (Å²) in [6.07, 6.45) is -3.95. The molecule has 86 heavy (non-hydrogen) atoms. The Kier molecular flexibility index (Phi) is 27.3. The van der Waals surface area contributed by atoms with Gasteiger partial charge in [0.2, 0.25) is 41.4 Å². The predicted molar refractivity (Wildman–Crippen MR) is 303 cm³/mol. The van der Waals surface area contributed by atoms with E-state index in [-0.39, 0.29) is 67.8 Å². The second kappa shape index (κ2) is 33.9. The molecule has 5 atom stereocenters. The lowest BCUT2D eigenvalue weighted by molar-refractivity contribution is -0.171. The number of amides is 9. The van der Waals surface area contributed by atoms with E-state index in [4.69, 9.17) is 10.5 Å². The first-order valence-corrected chi connectivity index (χ1v) is 28.5. The Morgan fingerprint density at radius 2 is 1.49 bits per heavy atom. The molecule has 1 heterocycles. The molecule has 32 heteroatoms. The Bertz CT molecular complexity index is 3060. The van der Waals surface area contributed by atoms with Crippen molar-refractivity contribution in [3.8, 4) is 5.75 Å². The van der Waals surface area contributed by atoms with E-state index in [0.29, 0.717) is 36.4 Å². The van der Waals surface area contributed by atoms with Crippen LogP contribution >= 0.6 is 0 Å². The minimum absolute atomic E-state index is 0.0408. The summed E-state index contributed by atoms with van der Waals surface area (Å²) in [6.45, 7) is 4.56. The van der Waals surface area contributed by atoms with Gasteiger partial charge in [0.25, 0.3) is 16.0 Å². The van der Waals surface area contributed by atoms with E-state index in [1.165, 1.54) is 54.0 Å². The number of ether oxygens (including phenoxy) is 1. The number of hydrogen-bond acceptors (Lipinski definition) is 16.